The van der Waals surface area contributed by atoms with E-state index in [1.165, 1.54) is 0 Å². The summed E-state index contributed by atoms with van der Waals surface area (Å²) in [5.41, 5.74) is 0. The highest BCUT2D eigenvalue weighted by Gasteiger charge is 2.25. The lowest BCUT2D eigenvalue weighted by atomic mass is 10.3. The van der Waals surface area contributed by atoms with Crippen LogP contribution in [0.5, 0.6) is 5.75 Å². The molecule has 0 aliphatic carbocycles. The molecular formula is C7H4O7. The topological polar surface area (TPSA) is 125 Å². The van der Waals surface area contributed by atoms with Gasteiger partial charge in [0.25, 0.3) is 0 Å². The second kappa shape index (κ2) is 3.21. The maximum atomic E-state index is 10.8. The molecule has 3 N–H and O–H groups in total. The van der Waals surface area contributed by atoms with Crippen molar-refractivity contribution in [3.8, 4) is 5.75 Å². The van der Waals surface area contributed by atoms with E-state index in [0.29, 0.717) is 6.07 Å². The zero-order chi connectivity index (χ0) is 10.9. The van der Waals surface area contributed by atoms with Crippen molar-refractivity contribution in [2.24, 2.45) is 0 Å². The molecule has 1 aromatic heterocycles. The first kappa shape index (κ1) is 9.78. The summed E-state index contributed by atoms with van der Waals surface area (Å²) in [6.45, 7) is 0. The highest BCUT2D eigenvalue weighted by molar-refractivity contribution is 6.39. The van der Waals surface area contributed by atoms with Crippen LogP contribution in [-0.2, 0) is 4.79 Å². The molecule has 7 heteroatoms. The Morgan fingerprint density at radius 1 is 1.21 bits per heavy atom. The van der Waals surface area contributed by atoms with E-state index in [1.807, 2.05) is 0 Å². The number of aliphatic carboxylic acids is 1. The Morgan fingerprint density at radius 2 is 1.79 bits per heavy atom. The number of carboxylic acids is 2. The van der Waals surface area contributed by atoms with Gasteiger partial charge in [-0.2, -0.15) is 0 Å². The van der Waals surface area contributed by atoms with Crippen LogP contribution in [0, 0.1) is 0 Å². The minimum atomic E-state index is -1.84. The summed E-state index contributed by atoms with van der Waals surface area (Å²) in [4.78, 5) is 31.2. The van der Waals surface area contributed by atoms with E-state index in [9.17, 15) is 14.4 Å². The standard InChI is InChI=1S/C7H4O7/c8-2-1-3(6(10)11)14-5(2)4(9)7(12)13/h1,8H,(H,10,11)(H,12,13). The monoisotopic (exact) mass is 200 g/mol. The Kier molecular flexibility index (Phi) is 2.24. The number of furan rings is 1. The number of Topliss-reactive ketones (excluding diaryl/α,β-unsaturated/α-hetero) is 1. The molecule has 0 aromatic carbocycles. The fourth-order valence-corrected chi connectivity index (χ4v) is 0.747. The molecule has 0 aliphatic heterocycles. The third-order valence-electron chi connectivity index (χ3n) is 1.32. The predicted molar refractivity (Wildman–Crippen MR) is 39.3 cm³/mol. The smallest absolute Gasteiger partial charge is 0.380 e. The van der Waals surface area contributed by atoms with Gasteiger partial charge in [0.05, 0.1) is 0 Å². The normalized spacial score (nSPS) is 9.71. The van der Waals surface area contributed by atoms with Gasteiger partial charge in [0.2, 0.25) is 11.5 Å². The number of aromatic hydroxyl groups is 1. The van der Waals surface area contributed by atoms with Crippen LogP contribution in [0.1, 0.15) is 21.1 Å². The lowest BCUT2D eigenvalue weighted by Gasteiger charge is -1.89. The van der Waals surface area contributed by atoms with E-state index >= 15 is 0 Å². The van der Waals surface area contributed by atoms with Crippen LogP contribution in [0.15, 0.2) is 10.5 Å². The first-order valence-electron chi connectivity index (χ1n) is 3.27. The number of carbonyl (C=O) groups excluding carboxylic acids is 1. The van der Waals surface area contributed by atoms with Gasteiger partial charge in [-0.1, -0.05) is 0 Å². The summed E-state index contributed by atoms with van der Waals surface area (Å²) in [5.74, 6) is -7.26. The Morgan fingerprint density at radius 3 is 2.14 bits per heavy atom. The molecule has 0 aliphatic rings. The Labute approximate surface area is 76.2 Å². The van der Waals surface area contributed by atoms with Gasteiger partial charge in [-0.15, -0.1) is 0 Å². The molecule has 1 heterocycles. The zero-order valence-electron chi connectivity index (χ0n) is 6.55. The van der Waals surface area contributed by atoms with Gasteiger partial charge in [0, 0.05) is 6.07 Å². The van der Waals surface area contributed by atoms with Gasteiger partial charge in [-0.3, -0.25) is 4.79 Å². The molecule has 0 saturated carbocycles. The van der Waals surface area contributed by atoms with E-state index in [-0.39, 0.29) is 0 Å². The quantitative estimate of drug-likeness (QED) is 0.461. The molecule has 0 bridgehead atoms. The molecular weight excluding hydrogens is 196 g/mol. The average molecular weight is 200 g/mol. The molecule has 14 heavy (non-hydrogen) atoms. The Hall–Kier alpha value is -2.31. The van der Waals surface area contributed by atoms with Gasteiger partial charge in [0.1, 0.15) is 0 Å². The molecule has 0 radical (unpaired) electrons. The lowest BCUT2D eigenvalue weighted by molar-refractivity contribution is -0.132. The van der Waals surface area contributed by atoms with Crippen molar-refractivity contribution in [1.29, 1.82) is 0 Å². The van der Waals surface area contributed by atoms with Crippen molar-refractivity contribution in [2.45, 2.75) is 0 Å². The second-order valence-corrected chi connectivity index (χ2v) is 2.26. The lowest BCUT2D eigenvalue weighted by Crippen LogP contribution is -2.11. The molecule has 0 amide bonds. The van der Waals surface area contributed by atoms with Crippen LogP contribution >= 0.6 is 0 Å². The number of aromatic carboxylic acids is 1. The summed E-state index contributed by atoms with van der Waals surface area (Å²) in [6.07, 6.45) is 0. The average Bonchev–Trinajstić information content (AvgIpc) is 2.46. The molecule has 0 unspecified atom stereocenters. The Balaban J connectivity index is 3.17. The minimum Gasteiger partial charge on any atom is -0.504 e. The van der Waals surface area contributed by atoms with Crippen molar-refractivity contribution in [1.82, 2.24) is 0 Å². The van der Waals surface area contributed by atoms with Crippen molar-refractivity contribution in [3.63, 3.8) is 0 Å². The second-order valence-electron chi connectivity index (χ2n) is 2.26. The molecule has 7 nitrogen and oxygen atoms in total. The third-order valence-corrected chi connectivity index (χ3v) is 1.32. The number of hydrogen-bond donors (Lipinski definition) is 3. The number of rotatable bonds is 3. The molecule has 1 aromatic rings. The highest BCUT2D eigenvalue weighted by atomic mass is 16.4. The van der Waals surface area contributed by atoms with E-state index in [1.54, 1.807) is 0 Å². The first-order chi connectivity index (χ1) is 6.43. The SMILES string of the molecule is O=C(O)C(=O)c1oc(C(=O)O)cc1O. The number of hydrogen-bond acceptors (Lipinski definition) is 5. The molecule has 74 valence electrons. The van der Waals surface area contributed by atoms with Gasteiger partial charge in [-0.25, -0.2) is 9.59 Å². The molecule has 0 saturated heterocycles. The van der Waals surface area contributed by atoms with Crippen LogP contribution in [0.25, 0.3) is 0 Å². The third kappa shape index (κ3) is 1.56. The van der Waals surface area contributed by atoms with Gasteiger partial charge >= 0.3 is 17.7 Å². The summed E-state index contributed by atoms with van der Waals surface area (Å²) in [7, 11) is 0. The molecule has 0 fully saturated rings. The van der Waals surface area contributed by atoms with Crippen molar-refractivity contribution in [2.75, 3.05) is 0 Å². The van der Waals surface area contributed by atoms with Crippen LogP contribution in [0.4, 0.5) is 0 Å². The van der Waals surface area contributed by atoms with Crippen molar-refractivity contribution < 1.29 is 34.1 Å². The Bertz CT molecular complexity index is 414. The van der Waals surface area contributed by atoms with Gasteiger partial charge < -0.3 is 19.7 Å². The maximum absolute atomic E-state index is 10.8. The molecule has 0 atom stereocenters. The van der Waals surface area contributed by atoms with Gasteiger partial charge in [-0.05, 0) is 0 Å². The zero-order valence-corrected chi connectivity index (χ0v) is 6.55. The van der Waals surface area contributed by atoms with Crippen LogP contribution in [0.2, 0.25) is 0 Å². The molecule has 1 rings (SSSR count). The molecule has 0 spiro atoms. The fourth-order valence-electron chi connectivity index (χ4n) is 0.747. The largest absolute Gasteiger partial charge is 0.504 e. The van der Waals surface area contributed by atoms with E-state index in [2.05, 4.69) is 4.42 Å². The van der Waals surface area contributed by atoms with E-state index < -0.39 is 35.0 Å². The first-order valence-corrected chi connectivity index (χ1v) is 3.27. The fraction of sp³-hybridized carbons (Fsp3) is 0. The summed E-state index contributed by atoms with van der Waals surface area (Å²) >= 11 is 0. The van der Waals surface area contributed by atoms with Crippen LogP contribution in [0.3, 0.4) is 0 Å². The number of carbonyl (C=O) groups is 3. The van der Waals surface area contributed by atoms with E-state index in [0.717, 1.165) is 0 Å². The van der Waals surface area contributed by atoms with Crippen molar-refractivity contribution in [3.05, 3.63) is 17.6 Å². The maximum Gasteiger partial charge on any atom is 0.380 e. The number of carboxylic acid groups (broad SMARTS) is 2. The number of ketones is 1. The predicted octanol–water partition coefficient (Wildman–Crippen LogP) is -0.0493. The van der Waals surface area contributed by atoms with Gasteiger partial charge in [0.15, 0.2) is 5.75 Å². The van der Waals surface area contributed by atoms with Crippen LogP contribution < -0.4 is 0 Å². The summed E-state index contributed by atoms with van der Waals surface area (Å²) in [6, 6.07) is 0.651. The van der Waals surface area contributed by atoms with Crippen LogP contribution in [-0.4, -0.2) is 33.0 Å². The van der Waals surface area contributed by atoms with E-state index in [4.69, 9.17) is 15.3 Å². The minimum absolute atomic E-state index is 0.651. The summed E-state index contributed by atoms with van der Waals surface area (Å²) < 4.78 is 4.32. The van der Waals surface area contributed by atoms with Crippen molar-refractivity contribution >= 4 is 17.7 Å². The summed E-state index contributed by atoms with van der Waals surface area (Å²) in [5, 5.41) is 25.6. The highest BCUT2D eigenvalue weighted by Crippen LogP contribution is 2.22.